The molecule has 6 heteroatoms. The summed E-state index contributed by atoms with van der Waals surface area (Å²) >= 11 is 6.04. The normalized spacial score (nSPS) is 14.5. The lowest BCUT2D eigenvalue weighted by Gasteiger charge is -2.26. The van der Waals surface area contributed by atoms with Gasteiger partial charge in [0.2, 0.25) is 0 Å². The van der Waals surface area contributed by atoms with E-state index in [1.807, 2.05) is 0 Å². The van der Waals surface area contributed by atoms with Crippen molar-refractivity contribution >= 4 is 11.6 Å². The second-order valence-electron chi connectivity index (χ2n) is 4.04. The molecule has 1 unspecified atom stereocenters. The van der Waals surface area contributed by atoms with Gasteiger partial charge in [0, 0.05) is 7.05 Å². The molecule has 0 radical (unpaired) electrons. The molecule has 2 rings (SSSR count). The first-order chi connectivity index (χ1) is 8.49. The van der Waals surface area contributed by atoms with Gasteiger partial charge in [0.15, 0.2) is 0 Å². The smallest absolute Gasteiger partial charge is 0.149 e. The maximum atomic E-state index is 12.9. The molecule has 4 nitrogen and oxygen atoms in total. The Balaban J connectivity index is 2.58. The fourth-order valence-corrected chi connectivity index (χ4v) is 2.29. The predicted molar refractivity (Wildman–Crippen MR) is 65.7 cm³/mol. The number of aromatic nitrogens is 3. The molecular weight excluding hydrogens is 257 g/mol. The molecule has 0 fully saturated rings. The Morgan fingerprint density at radius 2 is 2.17 bits per heavy atom. The van der Waals surface area contributed by atoms with Gasteiger partial charge in [-0.1, -0.05) is 18.5 Å². The van der Waals surface area contributed by atoms with E-state index in [0.717, 1.165) is 6.20 Å². The highest BCUT2D eigenvalue weighted by atomic mass is 35.5. The summed E-state index contributed by atoms with van der Waals surface area (Å²) in [5.41, 5.74) is -0.585. The minimum absolute atomic E-state index is 0.344. The SMILES string of the molecule is CCC(O)(c1ccc(F)cn1)c1c(Cl)cnn1C. The molecule has 2 aromatic heterocycles. The zero-order chi connectivity index (χ0) is 13.3. The average Bonchev–Trinajstić information content (AvgIpc) is 2.69. The average molecular weight is 270 g/mol. The molecule has 0 aromatic carbocycles. The Hall–Kier alpha value is -1.46. The molecule has 0 bridgehead atoms. The van der Waals surface area contributed by atoms with E-state index in [0.29, 0.717) is 22.8 Å². The van der Waals surface area contributed by atoms with Crippen molar-refractivity contribution < 1.29 is 9.50 Å². The Kier molecular flexibility index (Phi) is 3.36. The van der Waals surface area contributed by atoms with E-state index in [9.17, 15) is 9.50 Å². The monoisotopic (exact) mass is 269 g/mol. The molecule has 2 aromatic rings. The molecule has 0 aliphatic carbocycles. The summed E-state index contributed by atoms with van der Waals surface area (Å²) in [5, 5.41) is 15.1. The van der Waals surface area contributed by atoms with Gasteiger partial charge in [-0.25, -0.2) is 4.39 Å². The summed E-state index contributed by atoms with van der Waals surface area (Å²) in [7, 11) is 1.69. The number of pyridine rings is 1. The highest BCUT2D eigenvalue weighted by Crippen LogP contribution is 2.35. The van der Waals surface area contributed by atoms with Crippen molar-refractivity contribution in [3.05, 3.63) is 46.8 Å². The minimum Gasteiger partial charge on any atom is -0.377 e. The van der Waals surface area contributed by atoms with Crippen molar-refractivity contribution in [2.75, 3.05) is 0 Å². The van der Waals surface area contributed by atoms with E-state index < -0.39 is 11.4 Å². The standard InChI is InChI=1S/C12H13ClFN3O/c1-3-12(18,10-5-4-8(14)6-15-10)11-9(13)7-16-17(11)2/h4-7,18H,3H2,1-2H3. The zero-order valence-electron chi connectivity index (χ0n) is 10.1. The van der Waals surface area contributed by atoms with Crippen LogP contribution in [0, 0.1) is 5.82 Å². The first-order valence-corrected chi connectivity index (χ1v) is 5.89. The van der Waals surface area contributed by atoms with Crippen LogP contribution in [0.5, 0.6) is 0 Å². The largest absolute Gasteiger partial charge is 0.377 e. The van der Waals surface area contributed by atoms with Crippen molar-refractivity contribution in [2.24, 2.45) is 7.05 Å². The van der Waals surface area contributed by atoms with Crippen molar-refractivity contribution in [3.63, 3.8) is 0 Å². The summed E-state index contributed by atoms with van der Waals surface area (Å²) in [5.74, 6) is -0.451. The van der Waals surface area contributed by atoms with Gasteiger partial charge < -0.3 is 5.11 Å². The third-order valence-corrected chi connectivity index (χ3v) is 3.23. The maximum absolute atomic E-state index is 12.9. The van der Waals surface area contributed by atoms with E-state index in [1.165, 1.54) is 23.0 Å². The zero-order valence-corrected chi connectivity index (χ0v) is 10.8. The van der Waals surface area contributed by atoms with Gasteiger partial charge in [0.25, 0.3) is 0 Å². The highest BCUT2D eigenvalue weighted by Gasteiger charge is 2.36. The van der Waals surface area contributed by atoms with Gasteiger partial charge in [-0.15, -0.1) is 0 Å². The lowest BCUT2D eigenvalue weighted by Crippen LogP contribution is -2.30. The van der Waals surface area contributed by atoms with Crippen LogP contribution in [0.4, 0.5) is 4.39 Å². The van der Waals surface area contributed by atoms with Gasteiger partial charge in [-0.2, -0.15) is 5.10 Å². The Bertz CT molecular complexity index is 535. The van der Waals surface area contributed by atoms with Crippen LogP contribution in [-0.2, 0) is 12.6 Å². The number of hydrogen-bond acceptors (Lipinski definition) is 3. The van der Waals surface area contributed by atoms with Crippen LogP contribution in [0.25, 0.3) is 0 Å². The second kappa shape index (κ2) is 4.66. The third kappa shape index (κ3) is 2.00. The van der Waals surface area contributed by atoms with Gasteiger partial charge >= 0.3 is 0 Å². The summed E-state index contributed by atoms with van der Waals surface area (Å²) in [6.07, 6.45) is 2.88. The number of rotatable bonds is 3. The number of aliphatic hydroxyl groups is 1. The lowest BCUT2D eigenvalue weighted by molar-refractivity contribution is 0.0632. The number of aryl methyl sites for hydroxylation is 1. The van der Waals surface area contributed by atoms with Gasteiger partial charge in [-0.05, 0) is 18.6 Å². The van der Waals surface area contributed by atoms with Crippen LogP contribution in [-0.4, -0.2) is 19.9 Å². The van der Waals surface area contributed by atoms with Crippen molar-refractivity contribution in [1.29, 1.82) is 0 Å². The third-order valence-electron chi connectivity index (χ3n) is 2.95. The quantitative estimate of drug-likeness (QED) is 0.930. The molecule has 96 valence electrons. The molecule has 0 aliphatic rings. The summed E-state index contributed by atoms with van der Waals surface area (Å²) < 4.78 is 14.4. The second-order valence-corrected chi connectivity index (χ2v) is 4.45. The van der Waals surface area contributed by atoms with E-state index in [4.69, 9.17) is 11.6 Å². The molecule has 1 N–H and O–H groups in total. The van der Waals surface area contributed by atoms with Crippen LogP contribution in [0.3, 0.4) is 0 Å². The molecule has 2 heterocycles. The van der Waals surface area contributed by atoms with Gasteiger partial charge in [0.05, 0.1) is 28.8 Å². The lowest BCUT2D eigenvalue weighted by atomic mass is 9.91. The molecule has 0 saturated heterocycles. The summed E-state index contributed by atoms with van der Waals surface area (Å²) in [4.78, 5) is 3.93. The van der Waals surface area contributed by atoms with Crippen LogP contribution in [0.1, 0.15) is 24.7 Å². The Labute approximate surface area is 109 Å². The van der Waals surface area contributed by atoms with E-state index in [1.54, 1.807) is 14.0 Å². The number of nitrogens with zero attached hydrogens (tertiary/aromatic N) is 3. The van der Waals surface area contributed by atoms with E-state index in [2.05, 4.69) is 10.1 Å². The summed E-state index contributed by atoms with van der Waals surface area (Å²) in [6.45, 7) is 1.80. The number of hydrogen-bond donors (Lipinski definition) is 1. The Morgan fingerprint density at radius 3 is 2.61 bits per heavy atom. The minimum atomic E-state index is -1.38. The maximum Gasteiger partial charge on any atom is 0.149 e. The fraction of sp³-hybridized carbons (Fsp3) is 0.333. The van der Waals surface area contributed by atoms with Crippen LogP contribution >= 0.6 is 11.6 Å². The van der Waals surface area contributed by atoms with Gasteiger partial charge in [-0.3, -0.25) is 9.67 Å². The highest BCUT2D eigenvalue weighted by molar-refractivity contribution is 6.31. The van der Waals surface area contributed by atoms with Crippen LogP contribution in [0.2, 0.25) is 5.02 Å². The van der Waals surface area contributed by atoms with Crippen molar-refractivity contribution in [3.8, 4) is 0 Å². The topological polar surface area (TPSA) is 50.9 Å². The van der Waals surface area contributed by atoms with Crippen molar-refractivity contribution in [1.82, 2.24) is 14.8 Å². The number of halogens is 2. The van der Waals surface area contributed by atoms with E-state index >= 15 is 0 Å². The molecule has 0 saturated carbocycles. The summed E-state index contributed by atoms with van der Waals surface area (Å²) in [6, 6.07) is 2.70. The first-order valence-electron chi connectivity index (χ1n) is 5.51. The molecule has 0 amide bonds. The molecule has 1 atom stereocenters. The van der Waals surface area contributed by atoms with Crippen LogP contribution in [0.15, 0.2) is 24.5 Å². The van der Waals surface area contributed by atoms with Gasteiger partial charge in [0.1, 0.15) is 11.4 Å². The molecule has 0 spiro atoms. The molecule has 18 heavy (non-hydrogen) atoms. The fourth-order valence-electron chi connectivity index (χ4n) is 1.97. The van der Waals surface area contributed by atoms with Crippen molar-refractivity contribution in [2.45, 2.75) is 18.9 Å². The molecular formula is C12H13ClFN3O. The van der Waals surface area contributed by atoms with Crippen LogP contribution < -0.4 is 0 Å². The Morgan fingerprint density at radius 1 is 1.44 bits per heavy atom. The van der Waals surface area contributed by atoms with E-state index in [-0.39, 0.29) is 0 Å². The molecule has 0 aliphatic heterocycles. The predicted octanol–water partition coefficient (Wildman–Crippen LogP) is 2.25. The first kappa shape index (κ1) is 13.0.